The number of hydrogen-bond acceptors (Lipinski definition) is 3. The summed E-state index contributed by atoms with van der Waals surface area (Å²) in [5, 5.41) is 12.7. The van der Waals surface area contributed by atoms with Crippen LogP contribution in [0.3, 0.4) is 0 Å². The largest absolute Gasteiger partial charge is 0.490 e. The first-order chi connectivity index (χ1) is 9.73. The van der Waals surface area contributed by atoms with Crippen LogP contribution < -0.4 is 10.1 Å². The number of nitriles is 1. The molecule has 1 N–H and O–H groups in total. The third kappa shape index (κ3) is 4.22. The molecule has 0 aromatic heterocycles. The van der Waals surface area contributed by atoms with Crippen molar-refractivity contribution in [2.75, 3.05) is 6.61 Å². The molecule has 21 heavy (non-hydrogen) atoms. The van der Waals surface area contributed by atoms with Gasteiger partial charge in [0.2, 0.25) is 0 Å². The molecule has 1 aromatic carbocycles. The van der Waals surface area contributed by atoms with Gasteiger partial charge in [0.05, 0.1) is 6.07 Å². The highest BCUT2D eigenvalue weighted by molar-refractivity contribution is 5.39. The van der Waals surface area contributed by atoms with Crippen LogP contribution in [0.25, 0.3) is 0 Å². The molecular weight excluding hydrogens is 260 g/mol. The van der Waals surface area contributed by atoms with E-state index in [1.807, 2.05) is 13.0 Å². The second kappa shape index (κ2) is 5.69. The van der Waals surface area contributed by atoms with Crippen molar-refractivity contribution in [1.29, 1.82) is 5.26 Å². The predicted octanol–water partition coefficient (Wildman–Crippen LogP) is 3.71. The van der Waals surface area contributed by atoms with Crippen LogP contribution in [-0.2, 0) is 5.41 Å². The zero-order valence-corrected chi connectivity index (χ0v) is 13.8. The lowest BCUT2D eigenvalue weighted by atomic mass is 9.86. The SMILES string of the molecule is Cc1cc(C(C)(C)C)ccc1OCC(C)(C#N)NC1CC1. The van der Waals surface area contributed by atoms with Gasteiger partial charge in [-0.2, -0.15) is 5.26 Å². The Bertz CT molecular complexity index is 549. The highest BCUT2D eigenvalue weighted by atomic mass is 16.5. The first kappa shape index (κ1) is 15.9. The zero-order chi connectivity index (χ0) is 15.7. The van der Waals surface area contributed by atoms with Crippen LogP contribution in [0, 0.1) is 18.3 Å². The van der Waals surface area contributed by atoms with Crippen LogP contribution in [0.15, 0.2) is 18.2 Å². The number of benzene rings is 1. The fourth-order valence-corrected chi connectivity index (χ4v) is 2.28. The minimum Gasteiger partial charge on any atom is -0.490 e. The molecule has 0 heterocycles. The van der Waals surface area contributed by atoms with E-state index in [0.29, 0.717) is 12.6 Å². The Hall–Kier alpha value is -1.53. The average molecular weight is 286 g/mol. The normalized spacial score (nSPS) is 17.9. The number of hydrogen-bond donors (Lipinski definition) is 1. The molecule has 114 valence electrons. The molecule has 1 saturated carbocycles. The summed E-state index contributed by atoms with van der Waals surface area (Å²) in [5.41, 5.74) is 1.94. The fraction of sp³-hybridized carbons (Fsp3) is 0.611. The third-order valence-corrected chi connectivity index (χ3v) is 3.90. The molecule has 0 aliphatic heterocycles. The van der Waals surface area contributed by atoms with Gasteiger partial charge in [0.25, 0.3) is 0 Å². The van der Waals surface area contributed by atoms with Crippen molar-refractivity contribution in [1.82, 2.24) is 5.32 Å². The highest BCUT2D eigenvalue weighted by Gasteiger charge is 2.33. The first-order valence-corrected chi connectivity index (χ1v) is 7.66. The van der Waals surface area contributed by atoms with E-state index < -0.39 is 5.54 Å². The maximum atomic E-state index is 9.37. The molecular formula is C18H26N2O. The molecule has 1 unspecified atom stereocenters. The number of ether oxygens (including phenoxy) is 1. The Morgan fingerprint density at radius 2 is 1.95 bits per heavy atom. The fourth-order valence-electron chi connectivity index (χ4n) is 2.28. The predicted molar refractivity (Wildman–Crippen MR) is 85.5 cm³/mol. The average Bonchev–Trinajstić information content (AvgIpc) is 3.20. The molecule has 1 fully saturated rings. The number of nitrogens with one attached hydrogen (secondary N) is 1. The van der Waals surface area contributed by atoms with Crippen molar-refractivity contribution < 1.29 is 4.74 Å². The lowest BCUT2D eigenvalue weighted by Gasteiger charge is -2.25. The van der Waals surface area contributed by atoms with E-state index in [1.54, 1.807) is 0 Å². The molecule has 0 amide bonds. The molecule has 1 atom stereocenters. The Balaban J connectivity index is 2.04. The van der Waals surface area contributed by atoms with E-state index in [2.05, 4.69) is 51.2 Å². The first-order valence-electron chi connectivity index (χ1n) is 7.66. The molecule has 0 radical (unpaired) electrons. The van der Waals surface area contributed by atoms with Crippen LogP contribution in [0.4, 0.5) is 0 Å². The van der Waals surface area contributed by atoms with E-state index >= 15 is 0 Å². The van der Waals surface area contributed by atoms with Gasteiger partial charge in [-0.15, -0.1) is 0 Å². The van der Waals surface area contributed by atoms with Crippen LogP contribution in [-0.4, -0.2) is 18.2 Å². The molecule has 0 saturated heterocycles. The van der Waals surface area contributed by atoms with Gasteiger partial charge in [-0.3, -0.25) is 5.32 Å². The molecule has 1 aliphatic carbocycles. The van der Waals surface area contributed by atoms with Crippen LogP contribution in [0.5, 0.6) is 5.75 Å². The van der Waals surface area contributed by atoms with Gasteiger partial charge >= 0.3 is 0 Å². The van der Waals surface area contributed by atoms with Crippen LogP contribution in [0.1, 0.15) is 51.7 Å². The third-order valence-electron chi connectivity index (χ3n) is 3.90. The van der Waals surface area contributed by atoms with Gasteiger partial charge in [0, 0.05) is 6.04 Å². The number of rotatable bonds is 5. The van der Waals surface area contributed by atoms with E-state index in [0.717, 1.165) is 24.2 Å². The quantitative estimate of drug-likeness (QED) is 0.897. The van der Waals surface area contributed by atoms with Gasteiger partial charge in [-0.1, -0.05) is 32.9 Å². The number of nitrogens with zero attached hydrogens (tertiary/aromatic N) is 1. The summed E-state index contributed by atoms with van der Waals surface area (Å²) < 4.78 is 5.90. The van der Waals surface area contributed by atoms with Crippen molar-refractivity contribution in [3.05, 3.63) is 29.3 Å². The highest BCUT2D eigenvalue weighted by Crippen LogP contribution is 2.28. The lowest BCUT2D eigenvalue weighted by Crippen LogP contribution is -2.47. The van der Waals surface area contributed by atoms with Crippen LogP contribution >= 0.6 is 0 Å². The molecule has 0 bridgehead atoms. The van der Waals surface area contributed by atoms with Gasteiger partial charge in [-0.05, 0) is 49.3 Å². The maximum absolute atomic E-state index is 9.37. The summed E-state index contributed by atoms with van der Waals surface area (Å²) in [4.78, 5) is 0. The molecule has 0 spiro atoms. The second-order valence-corrected chi connectivity index (χ2v) is 7.38. The molecule has 3 nitrogen and oxygen atoms in total. The van der Waals surface area contributed by atoms with E-state index in [-0.39, 0.29) is 5.41 Å². The van der Waals surface area contributed by atoms with E-state index in [1.165, 1.54) is 5.56 Å². The minimum absolute atomic E-state index is 0.137. The summed E-state index contributed by atoms with van der Waals surface area (Å²) in [6.45, 7) is 10.9. The Labute approximate surface area is 128 Å². The summed E-state index contributed by atoms with van der Waals surface area (Å²) in [6.07, 6.45) is 2.33. The second-order valence-electron chi connectivity index (χ2n) is 7.38. The van der Waals surface area contributed by atoms with Crippen molar-refractivity contribution in [2.45, 2.75) is 64.5 Å². The monoisotopic (exact) mass is 286 g/mol. The van der Waals surface area contributed by atoms with Crippen LogP contribution in [0.2, 0.25) is 0 Å². The summed E-state index contributed by atoms with van der Waals surface area (Å²) in [6, 6.07) is 9.13. The van der Waals surface area contributed by atoms with E-state index in [9.17, 15) is 5.26 Å². The Morgan fingerprint density at radius 3 is 2.43 bits per heavy atom. The topological polar surface area (TPSA) is 45.0 Å². The standard InChI is InChI=1S/C18H26N2O/c1-13-10-14(17(2,3)4)6-9-16(13)21-12-18(5,11-19)20-15-7-8-15/h6,9-10,15,20H,7-8,12H2,1-5H3. The molecule has 1 aromatic rings. The summed E-state index contributed by atoms with van der Waals surface area (Å²) in [5.74, 6) is 0.863. The van der Waals surface area contributed by atoms with Gasteiger partial charge in [0.15, 0.2) is 0 Å². The molecule has 2 rings (SSSR count). The molecule has 3 heteroatoms. The van der Waals surface area contributed by atoms with Gasteiger partial charge in [-0.25, -0.2) is 0 Å². The van der Waals surface area contributed by atoms with Gasteiger partial charge < -0.3 is 4.74 Å². The molecule has 1 aliphatic rings. The van der Waals surface area contributed by atoms with Crippen molar-refractivity contribution in [2.24, 2.45) is 0 Å². The van der Waals surface area contributed by atoms with Crippen molar-refractivity contribution in [3.63, 3.8) is 0 Å². The van der Waals surface area contributed by atoms with Crippen molar-refractivity contribution in [3.8, 4) is 11.8 Å². The lowest BCUT2D eigenvalue weighted by molar-refractivity contribution is 0.231. The number of aryl methyl sites for hydroxylation is 1. The Morgan fingerprint density at radius 1 is 1.29 bits per heavy atom. The summed E-state index contributed by atoms with van der Waals surface area (Å²) >= 11 is 0. The van der Waals surface area contributed by atoms with E-state index in [4.69, 9.17) is 4.74 Å². The zero-order valence-electron chi connectivity index (χ0n) is 13.8. The smallest absolute Gasteiger partial charge is 0.138 e. The van der Waals surface area contributed by atoms with Crippen molar-refractivity contribution >= 4 is 0 Å². The minimum atomic E-state index is -0.615. The maximum Gasteiger partial charge on any atom is 0.138 e. The van der Waals surface area contributed by atoms with Gasteiger partial charge in [0.1, 0.15) is 17.9 Å². The Kier molecular flexibility index (Phi) is 4.30. The summed E-state index contributed by atoms with van der Waals surface area (Å²) in [7, 11) is 0.